The standard InChI is InChI=1S/C20H19NO6/c1-11-15(26-10-18(21)22)7-6-14-19(23)17(27-20(11)14)8-12-4-5-13(24-2)9-16(12)25-3/h4-9H,10H2,1-3H3,(H2,21,22)/b17-8-. The fourth-order valence-electron chi connectivity index (χ4n) is 2.75. The second-order valence-corrected chi connectivity index (χ2v) is 5.87. The van der Waals surface area contributed by atoms with E-state index in [9.17, 15) is 9.59 Å². The highest BCUT2D eigenvalue weighted by molar-refractivity contribution is 6.15. The number of hydrogen-bond donors (Lipinski definition) is 1. The molecule has 0 atom stereocenters. The van der Waals surface area contributed by atoms with Gasteiger partial charge in [0.05, 0.1) is 19.8 Å². The second kappa shape index (κ2) is 7.41. The van der Waals surface area contributed by atoms with Gasteiger partial charge in [0, 0.05) is 17.2 Å². The van der Waals surface area contributed by atoms with Crippen LogP contribution in [0.25, 0.3) is 6.08 Å². The predicted molar refractivity (Wildman–Crippen MR) is 98.3 cm³/mol. The molecule has 7 nitrogen and oxygen atoms in total. The van der Waals surface area contributed by atoms with Gasteiger partial charge < -0.3 is 24.7 Å². The highest BCUT2D eigenvalue weighted by Crippen LogP contribution is 2.40. The Bertz CT molecular complexity index is 948. The lowest BCUT2D eigenvalue weighted by atomic mass is 10.1. The molecule has 1 aliphatic heterocycles. The van der Waals surface area contributed by atoms with E-state index in [2.05, 4.69) is 0 Å². The van der Waals surface area contributed by atoms with Crippen LogP contribution in [0, 0.1) is 6.92 Å². The number of hydrogen-bond acceptors (Lipinski definition) is 6. The molecule has 2 aromatic rings. The third-order valence-electron chi connectivity index (χ3n) is 4.13. The SMILES string of the molecule is COc1ccc(/C=C2\Oc3c(ccc(OCC(N)=O)c3C)C2=O)c(OC)c1. The first kappa shape index (κ1) is 18.3. The van der Waals surface area contributed by atoms with Crippen LogP contribution in [0.2, 0.25) is 0 Å². The molecule has 0 saturated carbocycles. The number of rotatable bonds is 6. The summed E-state index contributed by atoms with van der Waals surface area (Å²) in [4.78, 5) is 23.6. The predicted octanol–water partition coefficient (Wildman–Crippen LogP) is 2.49. The van der Waals surface area contributed by atoms with Gasteiger partial charge in [-0.25, -0.2) is 0 Å². The van der Waals surface area contributed by atoms with Crippen molar-refractivity contribution in [2.75, 3.05) is 20.8 Å². The maximum absolute atomic E-state index is 12.7. The molecule has 0 aromatic heterocycles. The van der Waals surface area contributed by atoms with E-state index in [0.29, 0.717) is 39.7 Å². The number of primary amides is 1. The van der Waals surface area contributed by atoms with Crippen molar-refractivity contribution in [2.24, 2.45) is 5.73 Å². The molecule has 0 fully saturated rings. The summed E-state index contributed by atoms with van der Waals surface area (Å²) in [5, 5.41) is 0. The van der Waals surface area contributed by atoms with Gasteiger partial charge in [-0.15, -0.1) is 0 Å². The number of carbonyl (C=O) groups is 2. The fourth-order valence-corrected chi connectivity index (χ4v) is 2.75. The smallest absolute Gasteiger partial charge is 0.255 e. The largest absolute Gasteiger partial charge is 0.497 e. The third kappa shape index (κ3) is 3.57. The van der Waals surface area contributed by atoms with Gasteiger partial charge in [0.25, 0.3) is 5.91 Å². The average Bonchev–Trinajstić information content (AvgIpc) is 2.98. The van der Waals surface area contributed by atoms with Crippen molar-refractivity contribution in [2.45, 2.75) is 6.92 Å². The Morgan fingerprint density at radius 1 is 1.15 bits per heavy atom. The molecule has 0 spiro atoms. The lowest BCUT2D eigenvalue weighted by Crippen LogP contribution is -2.20. The molecule has 2 N–H and O–H groups in total. The Labute approximate surface area is 156 Å². The van der Waals surface area contributed by atoms with E-state index < -0.39 is 5.91 Å². The van der Waals surface area contributed by atoms with Crippen molar-refractivity contribution in [1.29, 1.82) is 0 Å². The first-order valence-corrected chi connectivity index (χ1v) is 8.15. The Hall–Kier alpha value is -3.48. The first-order valence-electron chi connectivity index (χ1n) is 8.15. The number of fused-ring (bicyclic) bond motifs is 1. The van der Waals surface area contributed by atoms with Gasteiger partial charge >= 0.3 is 0 Å². The van der Waals surface area contributed by atoms with Crippen LogP contribution in [-0.2, 0) is 4.79 Å². The van der Waals surface area contributed by atoms with Gasteiger partial charge in [-0.3, -0.25) is 9.59 Å². The topological polar surface area (TPSA) is 97.1 Å². The fraction of sp³-hybridized carbons (Fsp3) is 0.200. The molecule has 1 aliphatic rings. The van der Waals surface area contributed by atoms with Crippen LogP contribution in [0.4, 0.5) is 0 Å². The summed E-state index contributed by atoms with van der Waals surface area (Å²) in [5.74, 6) is 1.37. The Balaban J connectivity index is 1.94. The molecule has 0 bridgehead atoms. The number of allylic oxidation sites excluding steroid dienone is 1. The molecule has 7 heteroatoms. The van der Waals surface area contributed by atoms with Crippen molar-refractivity contribution in [1.82, 2.24) is 0 Å². The van der Waals surface area contributed by atoms with E-state index in [4.69, 9.17) is 24.7 Å². The quantitative estimate of drug-likeness (QED) is 0.786. The van der Waals surface area contributed by atoms with Gasteiger partial charge in [-0.2, -0.15) is 0 Å². The summed E-state index contributed by atoms with van der Waals surface area (Å²) in [6.45, 7) is 1.50. The van der Waals surface area contributed by atoms with Crippen molar-refractivity contribution in [3.8, 4) is 23.0 Å². The van der Waals surface area contributed by atoms with Crippen LogP contribution in [0.3, 0.4) is 0 Å². The van der Waals surface area contributed by atoms with Crippen molar-refractivity contribution >= 4 is 17.8 Å². The van der Waals surface area contributed by atoms with E-state index in [1.54, 1.807) is 50.4 Å². The number of Topliss-reactive ketones (excluding diaryl/α,β-unsaturated/α-hetero) is 1. The summed E-state index contributed by atoms with van der Waals surface area (Å²) in [5.41, 5.74) is 6.83. The van der Waals surface area contributed by atoms with E-state index in [1.807, 2.05) is 0 Å². The molecule has 27 heavy (non-hydrogen) atoms. The van der Waals surface area contributed by atoms with Crippen LogP contribution in [0.5, 0.6) is 23.0 Å². The summed E-state index contributed by atoms with van der Waals surface area (Å²) in [6, 6.07) is 8.49. The Morgan fingerprint density at radius 2 is 1.93 bits per heavy atom. The van der Waals surface area contributed by atoms with Crippen LogP contribution in [0.15, 0.2) is 36.1 Å². The minimum Gasteiger partial charge on any atom is -0.497 e. The number of methoxy groups -OCH3 is 2. The summed E-state index contributed by atoms with van der Waals surface area (Å²) >= 11 is 0. The summed E-state index contributed by atoms with van der Waals surface area (Å²) in [7, 11) is 3.10. The lowest BCUT2D eigenvalue weighted by molar-refractivity contribution is -0.119. The number of amides is 1. The van der Waals surface area contributed by atoms with Gasteiger partial charge in [-0.05, 0) is 37.3 Å². The number of nitrogens with two attached hydrogens (primary N) is 1. The van der Waals surface area contributed by atoms with E-state index in [-0.39, 0.29) is 18.1 Å². The van der Waals surface area contributed by atoms with Crippen LogP contribution >= 0.6 is 0 Å². The maximum Gasteiger partial charge on any atom is 0.255 e. The zero-order valence-corrected chi connectivity index (χ0v) is 15.2. The molecule has 140 valence electrons. The number of ketones is 1. The zero-order chi connectivity index (χ0) is 19.6. The average molecular weight is 369 g/mol. The lowest BCUT2D eigenvalue weighted by Gasteiger charge is -2.10. The van der Waals surface area contributed by atoms with Crippen molar-refractivity contribution in [3.63, 3.8) is 0 Å². The number of carbonyl (C=O) groups excluding carboxylic acids is 2. The van der Waals surface area contributed by atoms with E-state index in [1.165, 1.54) is 7.11 Å². The van der Waals surface area contributed by atoms with E-state index in [0.717, 1.165) is 0 Å². The van der Waals surface area contributed by atoms with Crippen LogP contribution < -0.4 is 24.7 Å². The van der Waals surface area contributed by atoms with Crippen molar-refractivity contribution in [3.05, 3.63) is 52.8 Å². The normalized spacial score (nSPS) is 13.9. The molecule has 1 amide bonds. The third-order valence-corrected chi connectivity index (χ3v) is 4.13. The second-order valence-electron chi connectivity index (χ2n) is 5.87. The summed E-state index contributed by atoms with van der Waals surface area (Å²) in [6.07, 6.45) is 1.62. The molecule has 0 aliphatic carbocycles. The number of ether oxygens (including phenoxy) is 4. The Morgan fingerprint density at radius 3 is 2.59 bits per heavy atom. The van der Waals surface area contributed by atoms with E-state index >= 15 is 0 Å². The highest BCUT2D eigenvalue weighted by atomic mass is 16.5. The molecule has 1 heterocycles. The highest BCUT2D eigenvalue weighted by Gasteiger charge is 2.30. The molecule has 0 radical (unpaired) electrons. The van der Waals surface area contributed by atoms with Gasteiger partial charge in [0.1, 0.15) is 23.0 Å². The van der Waals surface area contributed by atoms with Gasteiger partial charge in [0.2, 0.25) is 5.78 Å². The first-order chi connectivity index (χ1) is 12.9. The molecular weight excluding hydrogens is 350 g/mol. The van der Waals surface area contributed by atoms with Gasteiger partial charge in [-0.1, -0.05) is 0 Å². The number of benzene rings is 2. The van der Waals surface area contributed by atoms with Crippen molar-refractivity contribution < 1.29 is 28.5 Å². The zero-order valence-electron chi connectivity index (χ0n) is 15.2. The molecular formula is C20H19NO6. The Kier molecular flexibility index (Phi) is 5.03. The van der Waals surface area contributed by atoms with Crippen LogP contribution in [0.1, 0.15) is 21.5 Å². The minimum atomic E-state index is -0.584. The maximum atomic E-state index is 12.7. The monoisotopic (exact) mass is 369 g/mol. The molecule has 0 unspecified atom stereocenters. The molecule has 0 saturated heterocycles. The minimum absolute atomic E-state index is 0.170. The van der Waals surface area contributed by atoms with Crippen LogP contribution in [-0.4, -0.2) is 32.5 Å². The summed E-state index contributed by atoms with van der Waals surface area (Å²) < 4.78 is 21.7. The molecule has 3 rings (SSSR count). The molecule has 2 aromatic carbocycles. The van der Waals surface area contributed by atoms with Gasteiger partial charge in [0.15, 0.2) is 12.4 Å².